The first kappa shape index (κ1) is 13.4. The molecule has 1 rings (SSSR count). The second-order valence-electron chi connectivity index (χ2n) is 4.04. The molecule has 1 aliphatic rings. The van der Waals surface area contributed by atoms with Crippen molar-refractivity contribution in [3.63, 3.8) is 0 Å². The topological polar surface area (TPSA) is 193 Å². The van der Waals surface area contributed by atoms with Crippen molar-refractivity contribution in [1.29, 1.82) is 0 Å². The number of Topliss-reactive ketones (excluding diaryl/α,β-unsaturated/α-hetero) is 3. The number of carboxylic acids is 1. The highest BCUT2D eigenvalue weighted by Gasteiger charge is 2.61. The lowest BCUT2D eigenvalue weighted by molar-refractivity contribution is -0.146. The molecule has 0 heterocycles. The lowest BCUT2D eigenvalue weighted by atomic mass is 9.93. The maximum absolute atomic E-state index is 11.6. The van der Waals surface area contributed by atoms with Crippen molar-refractivity contribution in [2.75, 3.05) is 0 Å². The Morgan fingerprint density at radius 3 is 1.82 bits per heavy atom. The molecule has 1 aliphatic carbocycles. The summed E-state index contributed by atoms with van der Waals surface area (Å²) in [6.45, 7) is 0. The smallest absolute Gasteiger partial charge is 0.338 e. The van der Waals surface area contributed by atoms with Gasteiger partial charge in [0, 0.05) is 0 Å². The Hall–Kier alpha value is -1.68. The average molecular weight is 244 g/mol. The highest BCUT2D eigenvalue weighted by Crippen LogP contribution is 2.28. The number of rotatable bonds is 5. The van der Waals surface area contributed by atoms with E-state index in [1.807, 2.05) is 0 Å². The molecular formula is C8H12N4O5. The fourth-order valence-electron chi connectivity index (χ4n) is 1.27. The molecule has 0 aromatic rings. The first-order chi connectivity index (χ1) is 7.51. The SMILES string of the molecule is NC(N)(CC(=O)C(N)(N)C1C(=O)C1=O)C(=O)O. The van der Waals surface area contributed by atoms with E-state index in [0.29, 0.717) is 0 Å². The molecule has 17 heavy (non-hydrogen) atoms. The minimum absolute atomic E-state index is 0.863. The van der Waals surface area contributed by atoms with Gasteiger partial charge < -0.3 is 28.0 Å². The number of hydrogen-bond acceptors (Lipinski definition) is 8. The molecule has 1 saturated carbocycles. The number of carbonyl (C=O) groups excluding carboxylic acids is 3. The van der Waals surface area contributed by atoms with Gasteiger partial charge in [0.2, 0.25) is 11.6 Å². The lowest BCUT2D eigenvalue weighted by Crippen LogP contribution is -2.65. The Labute approximate surface area is 95.1 Å². The highest BCUT2D eigenvalue weighted by atomic mass is 16.4. The van der Waals surface area contributed by atoms with Crippen LogP contribution in [0.3, 0.4) is 0 Å². The van der Waals surface area contributed by atoms with E-state index in [0.717, 1.165) is 0 Å². The predicted molar refractivity (Wildman–Crippen MR) is 53.0 cm³/mol. The molecular weight excluding hydrogens is 232 g/mol. The van der Waals surface area contributed by atoms with Crippen molar-refractivity contribution in [2.45, 2.75) is 17.7 Å². The zero-order valence-corrected chi connectivity index (χ0v) is 8.67. The minimum Gasteiger partial charge on any atom is -0.479 e. The van der Waals surface area contributed by atoms with Gasteiger partial charge in [-0.25, -0.2) is 4.79 Å². The van der Waals surface area contributed by atoms with Crippen molar-refractivity contribution >= 4 is 23.3 Å². The predicted octanol–water partition coefficient (Wildman–Crippen LogP) is -3.97. The lowest BCUT2D eigenvalue weighted by Gasteiger charge is -2.25. The van der Waals surface area contributed by atoms with E-state index in [2.05, 4.69) is 0 Å². The Morgan fingerprint density at radius 2 is 1.53 bits per heavy atom. The molecule has 0 unspecified atom stereocenters. The van der Waals surface area contributed by atoms with Crippen LogP contribution >= 0.6 is 0 Å². The summed E-state index contributed by atoms with van der Waals surface area (Å²) in [5, 5.41) is 8.60. The molecule has 1 fully saturated rings. The first-order valence-corrected chi connectivity index (χ1v) is 4.52. The molecule has 94 valence electrons. The highest BCUT2D eigenvalue weighted by molar-refractivity contribution is 6.61. The van der Waals surface area contributed by atoms with Gasteiger partial charge in [-0.2, -0.15) is 0 Å². The van der Waals surface area contributed by atoms with E-state index >= 15 is 0 Å². The number of carbonyl (C=O) groups is 4. The number of carboxylic acid groups (broad SMARTS) is 1. The van der Waals surface area contributed by atoms with Crippen LogP contribution in [0.5, 0.6) is 0 Å². The van der Waals surface area contributed by atoms with Crippen molar-refractivity contribution < 1.29 is 24.3 Å². The Kier molecular flexibility index (Phi) is 2.89. The third kappa shape index (κ3) is 2.22. The normalized spacial score (nSPS) is 17.2. The summed E-state index contributed by atoms with van der Waals surface area (Å²) >= 11 is 0. The maximum Gasteiger partial charge on any atom is 0.338 e. The van der Waals surface area contributed by atoms with Gasteiger partial charge in [0.1, 0.15) is 11.6 Å². The second-order valence-corrected chi connectivity index (χ2v) is 4.04. The van der Waals surface area contributed by atoms with E-state index in [9.17, 15) is 19.2 Å². The third-order valence-electron chi connectivity index (χ3n) is 2.50. The Bertz CT molecular complexity index is 414. The zero-order valence-electron chi connectivity index (χ0n) is 8.67. The van der Waals surface area contributed by atoms with Crippen LogP contribution in [0.4, 0.5) is 0 Å². The van der Waals surface area contributed by atoms with Crippen molar-refractivity contribution in [2.24, 2.45) is 28.9 Å². The summed E-state index contributed by atoms with van der Waals surface area (Å²) in [5.41, 5.74) is 16.3. The van der Waals surface area contributed by atoms with E-state index < -0.39 is 47.0 Å². The van der Waals surface area contributed by atoms with Gasteiger partial charge in [-0.15, -0.1) is 0 Å². The van der Waals surface area contributed by atoms with Gasteiger partial charge in [-0.05, 0) is 0 Å². The van der Waals surface area contributed by atoms with E-state index in [1.165, 1.54) is 0 Å². The summed E-state index contributed by atoms with van der Waals surface area (Å²) in [6, 6.07) is 0. The number of aliphatic carboxylic acids is 1. The van der Waals surface area contributed by atoms with Gasteiger partial charge in [0.05, 0.1) is 6.42 Å². The van der Waals surface area contributed by atoms with Crippen LogP contribution in [0.1, 0.15) is 6.42 Å². The molecule has 0 aromatic heterocycles. The van der Waals surface area contributed by atoms with Gasteiger partial charge >= 0.3 is 5.97 Å². The van der Waals surface area contributed by atoms with E-state index in [4.69, 9.17) is 28.0 Å². The number of hydrogen-bond donors (Lipinski definition) is 5. The standard InChI is InChI=1S/C8H12N4O5/c9-7(10,6(16)17)1-2(13)8(11,12)3-4(14)5(3)15/h3H,1,9-12H2,(H,16,17). The molecule has 0 radical (unpaired) electrons. The van der Waals surface area contributed by atoms with Crippen LogP contribution in [0.25, 0.3) is 0 Å². The zero-order chi connectivity index (χ0) is 13.6. The molecule has 0 aliphatic heterocycles. The van der Waals surface area contributed by atoms with Crippen LogP contribution in [-0.4, -0.2) is 39.8 Å². The van der Waals surface area contributed by atoms with Gasteiger partial charge in [0.25, 0.3) is 0 Å². The average Bonchev–Trinajstić information content (AvgIpc) is 2.73. The van der Waals surface area contributed by atoms with Gasteiger partial charge in [-0.1, -0.05) is 0 Å². The minimum atomic E-state index is -2.35. The molecule has 0 saturated heterocycles. The van der Waals surface area contributed by atoms with E-state index in [1.54, 1.807) is 0 Å². The quantitative estimate of drug-likeness (QED) is 0.182. The van der Waals surface area contributed by atoms with Crippen LogP contribution in [0.15, 0.2) is 0 Å². The Morgan fingerprint density at radius 1 is 1.12 bits per heavy atom. The number of nitrogens with two attached hydrogens (primary N) is 4. The summed E-state index contributed by atoms with van der Waals surface area (Å²) in [5.74, 6) is -5.85. The monoisotopic (exact) mass is 244 g/mol. The van der Waals surface area contributed by atoms with Crippen molar-refractivity contribution in [3.8, 4) is 0 Å². The summed E-state index contributed by atoms with van der Waals surface area (Å²) in [4.78, 5) is 43.8. The maximum atomic E-state index is 11.6. The van der Waals surface area contributed by atoms with Crippen molar-refractivity contribution in [3.05, 3.63) is 0 Å². The number of ketones is 3. The Balaban J connectivity index is 2.81. The largest absolute Gasteiger partial charge is 0.479 e. The molecule has 9 N–H and O–H groups in total. The molecule has 9 heteroatoms. The summed E-state index contributed by atoms with van der Waals surface area (Å²) < 4.78 is 0. The molecule has 0 aromatic carbocycles. The van der Waals surface area contributed by atoms with Crippen LogP contribution in [0.2, 0.25) is 0 Å². The summed E-state index contributed by atoms with van der Waals surface area (Å²) in [7, 11) is 0. The first-order valence-electron chi connectivity index (χ1n) is 4.52. The van der Waals surface area contributed by atoms with Crippen molar-refractivity contribution in [1.82, 2.24) is 0 Å². The summed E-state index contributed by atoms with van der Waals surface area (Å²) in [6.07, 6.45) is -0.883. The van der Waals surface area contributed by atoms with Crippen LogP contribution < -0.4 is 22.9 Å². The molecule has 0 atom stereocenters. The van der Waals surface area contributed by atoms with Gasteiger partial charge in [0.15, 0.2) is 11.4 Å². The fourth-order valence-corrected chi connectivity index (χ4v) is 1.27. The molecule has 0 spiro atoms. The van der Waals surface area contributed by atoms with Gasteiger partial charge in [-0.3, -0.25) is 14.4 Å². The third-order valence-corrected chi connectivity index (χ3v) is 2.50. The van der Waals surface area contributed by atoms with Crippen LogP contribution in [0, 0.1) is 5.92 Å². The van der Waals surface area contributed by atoms with E-state index in [-0.39, 0.29) is 0 Å². The van der Waals surface area contributed by atoms with Crippen LogP contribution in [-0.2, 0) is 19.2 Å². The fraction of sp³-hybridized carbons (Fsp3) is 0.500. The molecule has 9 nitrogen and oxygen atoms in total. The molecule has 0 bridgehead atoms. The second kappa shape index (κ2) is 3.67. The molecule has 0 amide bonds.